The van der Waals surface area contributed by atoms with E-state index in [0.717, 1.165) is 12.1 Å². The maximum atomic E-state index is 13.9. The normalized spacial score (nSPS) is 11.9. The first kappa shape index (κ1) is 20.0. The maximum Gasteiger partial charge on any atom is 0.267 e. The molecule has 3 heterocycles. The molecular formula is C18H14ClFN10O. The fraction of sp³-hybridized carbons (Fsp3) is 0.111. The van der Waals surface area contributed by atoms with Gasteiger partial charge in [0.1, 0.15) is 34.9 Å². The molecule has 1 atom stereocenters. The number of rotatable bonds is 4. The zero-order chi connectivity index (χ0) is 22.3. The van der Waals surface area contributed by atoms with Gasteiger partial charge in [0.25, 0.3) is 5.56 Å². The van der Waals surface area contributed by atoms with Crippen molar-refractivity contribution < 1.29 is 4.39 Å². The van der Waals surface area contributed by atoms with E-state index in [2.05, 4.69) is 30.5 Å². The number of H-pyrrole nitrogens is 1. The molecule has 3 aromatic heterocycles. The molecule has 0 aliphatic rings. The zero-order valence-electron chi connectivity index (χ0n) is 15.9. The van der Waals surface area contributed by atoms with Crippen LogP contribution in [0.2, 0.25) is 5.02 Å². The van der Waals surface area contributed by atoms with Crippen LogP contribution in [0.4, 0.5) is 22.0 Å². The summed E-state index contributed by atoms with van der Waals surface area (Å²) in [7, 11) is 0. The highest BCUT2D eigenvalue weighted by molar-refractivity contribution is 6.35. The van der Waals surface area contributed by atoms with Crippen LogP contribution < -0.4 is 22.3 Å². The number of nitrogens with two attached hydrogens (primary N) is 2. The lowest BCUT2D eigenvalue weighted by atomic mass is 10.2. The number of benzene rings is 1. The van der Waals surface area contributed by atoms with Gasteiger partial charge in [-0.3, -0.25) is 9.89 Å². The predicted molar refractivity (Wildman–Crippen MR) is 112 cm³/mol. The molecule has 0 radical (unpaired) electrons. The number of anilines is 3. The van der Waals surface area contributed by atoms with Crippen molar-refractivity contribution in [3.63, 3.8) is 0 Å². The summed E-state index contributed by atoms with van der Waals surface area (Å²) in [5, 5.41) is 18.9. The minimum Gasteiger partial charge on any atom is -0.382 e. The van der Waals surface area contributed by atoms with Crippen LogP contribution in [0.1, 0.15) is 24.4 Å². The Balaban J connectivity index is 1.94. The van der Waals surface area contributed by atoms with E-state index >= 15 is 0 Å². The molecule has 156 valence electrons. The van der Waals surface area contributed by atoms with Gasteiger partial charge < -0.3 is 16.8 Å². The Hall–Kier alpha value is -4.24. The van der Waals surface area contributed by atoms with Gasteiger partial charge in [0, 0.05) is 6.07 Å². The third kappa shape index (κ3) is 3.47. The Morgan fingerprint density at radius 3 is 2.77 bits per heavy atom. The van der Waals surface area contributed by atoms with Gasteiger partial charge in [-0.15, -0.1) is 0 Å². The monoisotopic (exact) mass is 440 g/mol. The van der Waals surface area contributed by atoms with E-state index in [0.29, 0.717) is 5.82 Å². The lowest BCUT2D eigenvalue weighted by molar-refractivity contribution is 0.629. The van der Waals surface area contributed by atoms with E-state index in [1.54, 1.807) is 13.0 Å². The van der Waals surface area contributed by atoms with Gasteiger partial charge in [0.2, 0.25) is 5.95 Å². The van der Waals surface area contributed by atoms with Crippen LogP contribution in [0.3, 0.4) is 0 Å². The lowest BCUT2D eigenvalue weighted by Gasteiger charge is -2.20. The summed E-state index contributed by atoms with van der Waals surface area (Å²) in [5.41, 5.74) is 10.9. The van der Waals surface area contributed by atoms with Crippen LogP contribution in [0.5, 0.6) is 0 Å². The largest absolute Gasteiger partial charge is 0.382 e. The molecule has 0 saturated carbocycles. The first-order chi connectivity index (χ1) is 14.8. The summed E-state index contributed by atoms with van der Waals surface area (Å²) in [6.07, 6.45) is 1.45. The summed E-state index contributed by atoms with van der Waals surface area (Å²) in [6, 6.07) is 4.88. The molecule has 0 unspecified atom stereocenters. The van der Waals surface area contributed by atoms with E-state index in [9.17, 15) is 14.4 Å². The Morgan fingerprint density at radius 2 is 2.10 bits per heavy atom. The van der Waals surface area contributed by atoms with Gasteiger partial charge in [0.15, 0.2) is 5.82 Å². The number of fused-ring (bicyclic) bond motifs is 1. The molecular weight excluding hydrogens is 427 g/mol. The van der Waals surface area contributed by atoms with E-state index < -0.39 is 17.4 Å². The van der Waals surface area contributed by atoms with Crippen LogP contribution in [-0.2, 0) is 0 Å². The van der Waals surface area contributed by atoms with Crippen molar-refractivity contribution in [2.45, 2.75) is 13.0 Å². The van der Waals surface area contributed by atoms with Gasteiger partial charge in [-0.2, -0.15) is 20.3 Å². The highest BCUT2D eigenvalue weighted by Gasteiger charge is 2.22. The molecule has 0 spiro atoms. The second kappa shape index (κ2) is 7.54. The van der Waals surface area contributed by atoms with Crippen molar-refractivity contribution >= 4 is 40.1 Å². The zero-order valence-corrected chi connectivity index (χ0v) is 16.6. The molecule has 31 heavy (non-hydrogen) atoms. The van der Waals surface area contributed by atoms with Gasteiger partial charge in [-0.25, -0.2) is 13.9 Å². The first-order valence-electron chi connectivity index (χ1n) is 8.81. The van der Waals surface area contributed by atoms with Gasteiger partial charge in [-0.05, 0) is 19.1 Å². The molecule has 4 rings (SSSR count). The average molecular weight is 441 g/mol. The summed E-state index contributed by atoms with van der Waals surface area (Å²) in [6.45, 7) is 1.67. The lowest BCUT2D eigenvalue weighted by Crippen LogP contribution is -2.28. The van der Waals surface area contributed by atoms with Gasteiger partial charge in [0.05, 0.1) is 28.2 Å². The second-order valence-corrected chi connectivity index (χ2v) is 6.91. The molecule has 0 amide bonds. The molecule has 4 aromatic rings. The SMILES string of the molecule is C[C@@H](Nc1nc(N)nc(N)c1C#N)c1nc2c(Cl)cc(F)cc2c(=O)n1-c1ccn[nH]1. The predicted octanol–water partition coefficient (Wildman–Crippen LogP) is 1.90. The summed E-state index contributed by atoms with van der Waals surface area (Å²) in [4.78, 5) is 25.5. The quantitative estimate of drug-likeness (QED) is 0.368. The molecule has 13 heteroatoms. The highest BCUT2D eigenvalue weighted by atomic mass is 35.5. The molecule has 1 aromatic carbocycles. The number of nitriles is 1. The van der Waals surface area contributed by atoms with Crippen LogP contribution in [0, 0.1) is 17.1 Å². The summed E-state index contributed by atoms with van der Waals surface area (Å²) < 4.78 is 15.1. The van der Waals surface area contributed by atoms with E-state index in [4.69, 9.17) is 23.1 Å². The van der Waals surface area contributed by atoms with Crippen molar-refractivity contribution in [2.75, 3.05) is 16.8 Å². The molecule has 0 aliphatic heterocycles. The third-order valence-electron chi connectivity index (χ3n) is 4.45. The Kier molecular flexibility index (Phi) is 4.88. The molecule has 11 nitrogen and oxygen atoms in total. The second-order valence-electron chi connectivity index (χ2n) is 6.50. The number of nitrogens with one attached hydrogen (secondary N) is 2. The fourth-order valence-corrected chi connectivity index (χ4v) is 3.36. The molecule has 0 aliphatic carbocycles. The third-order valence-corrected chi connectivity index (χ3v) is 4.74. The van der Waals surface area contributed by atoms with E-state index in [-0.39, 0.29) is 44.9 Å². The number of hydrogen-bond acceptors (Lipinski definition) is 9. The minimum absolute atomic E-state index is 0.0104. The Morgan fingerprint density at radius 1 is 1.32 bits per heavy atom. The number of aromatic nitrogens is 6. The van der Waals surface area contributed by atoms with Crippen molar-refractivity contribution in [2.24, 2.45) is 0 Å². The van der Waals surface area contributed by atoms with Gasteiger partial charge in [-0.1, -0.05) is 11.6 Å². The van der Waals surface area contributed by atoms with Crippen LogP contribution in [-0.4, -0.2) is 29.7 Å². The van der Waals surface area contributed by atoms with Crippen LogP contribution in [0.15, 0.2) is 29.2 Å². The molecule has 0 bridgehead atoms. The summed E-state index contributed by atoms with van der Waals surface area (Å²) in [5.74, 6) is -0.351. The van der Waals surface area contributed by atoms with E-state index in [1.165, 1.54) is 10.8 Å². The number of halogens is 2. The van der Waals surface area contributed by atoms with Gasteiger partial charge >= 0.3 is 0 Å². The summed E-state index contributed by atoms with van der Waals surface area (Å²) >= 11 is 6.15. The van der Waals surface area contributed by atoms with E-state index in [1.807, 2.05) is 6.07 Å². The average Bonchev–Trinajstić information content (AvgIpc) is 3.22. The highest BCUT2D eigenvalue weighted by Crippen LogP contribution is 2.27. The number of nitrogen functional groups attached to an aromatic ring is 2. The van der Waals surface area contributed by atoms with Crippen molar-refractivity contribution in [1.82, 2.24) is 29.7 Å². The van der Waals surface area contributed by atoms with Crippen molar-refractivity contribution in [1.29, 1.82) is 5.26 Å². The van der Waals surface area contributed by atoms with Crippen molar-refractivity contribution in [3.05, 3.63) is 57.0 Å². The van der Waals surface area contributed by atoms with Crippen LogP contribution in [0.25, 0.3) is 16.7 Å². The Bertz CT molecular complexity index is 1410. The molecule has 6 N–H and O–H groups in total. The number of hydrogen-bond donors (Lipinski definition) is 4. The fourth-order valence-electron chi connectivity index (χ4n) is 3.11. The van der Waals surface area contributed by atoms with Crippen molar-refractivity contribution in [3.8, 4) is 11.9 Å². The standard InChI is InChI=1S/C18H14ClFN10O/c1-7(25-15-10(6-21)14(22)27-18(23)28-15)16-26-13-9(4-8(20)5-11(13)19)17(31)30(16)12-2-3-24-29-12/h2-5,7H,1H3,(H,24,29)(H5,22,23,25,27,28)/t7-/m1/s1. The number of nitrogens with zero attached hydrogens (tertiary/aromatic N) is 6. The minimum atomic E-state index is -0.706. The number of aromatic amines is 1. The maximum absolute atomic E-state index is 13.9. The Labute approximate surface area is 178 Å². The van der Waals surface area contributed by atoms with Crippen LogP contribution >= 0.6 is 11.6 Å². The first-order valence-corrected chi connectivity index (χ1v) is 9.19. The topological polar surface area (TPSA) is 177 Å². The molecule has 0 saturated heterocycles. The molecule has 0 fully saturated rings. The smallest absolute Gasteiger partial charge is 0.267 e.